The van der Waals surface area contributed by atoms with Crippen molar-refractivity contribution < 1.29 is 9.50 Å². The number of aromatic nitrogens is 3. The van der Waals surface area contributed by atoms with Gasteiger partial charge in [-0.05, 0) is 25.1 Å². The van der Waals surface area contributed by atoms with E-state index in [-0.39, 0.29) is 30.0 Å². The molecule has 2 aromatic rings. The largest absolute Gasteiger partial charge is 0.512 e. The number of hydrogen-bond donors (Lipinski definition) is 2. The minimum absolute atomic E-state index is 0.136. The second kappa shape index (κ2) is 4.96. The number of aliphatic hydroxyl groups excluding tert-OH is 1. The van der Waals surface area contributed by atoms with Gasteiger partial charge in [0, 0.05) is 30.6 Å². The lowest BCUT2D eigenvalue weighted by Gasteiger charge is -2.26. The van der Waals surface area contributed by atoms with Gasteiger partial charge in [-0.25, -0.2) is 13.9 Å². The Bertz CT molecular complexity index is 691. The van der Waals surface area contributed by atoms with E-state index in [0.29, 0.717) is 5.82 Å². The zero-order valence-corrected chi connectivity index (χ0v) is 11.0. The van der Waals surface area contributed by atoms with Crippen molar-refractivity contribution in [1.82, 2.24) is 14.6 Å². The zero-order chi connectivity index (χ0) is 14.1. The number of hydrogen-bond acceptors (Lipinski definition) is 4. The molecule has 3 rings (SSSR count). The first-order chi connectivity index (χ1) is 9.63. The van der Waals surface area contributed by atoms with Crippen molar-refractivity contribution in [3.63, 3.8) is 0 Å². The van der Waals surface area contributed by atoms with Crippen LogP contribution in [0.3, 0.4) is 0 Å². The highest BCUT2D eigenvalue weighted by Crippen LogP contribution is 2.28. The van der Waals surface area contributed by atoms with Crippen molar-refractivity contribution in [2.24, 2.45) is 5.92 Å². The van der Waals surface area contributed by atoms with Crippen LogP contribution < -0.4 is 5.32 Å². The monoisotopic (exact) mass is 274 g/mol. The summed E-state index contributed by atoms with van der Waals surface area (Å²) in [6, 6.07) is 3.46. The number of nitrogens with zero attached hydrogens (tertiary/aromatic N) is 3. The van der Waals surface area contributed by atoms with Crippen molar-refractivity contribution in [1.29, 1.82) is 0 Å². The lowest BCUT2D eigenvalue weighted by atomic mass is 9.91. The summed E-state index contributed by atoms with van der Waals surface area (Å²) in [7, 11) is 0. The van der Waals surface area contributed by atoms with Gasteiger partial charge in [0.15, 0.2) is 5.65 Å². The fraction of sp³-hybridized carbons (Fsp3) is 0.286. The normalized spacial score (nSPS) is 20.4. The highest BCUT2D eigenvalue weighted by Gasteiger charge is 2.25. The molecule has 0 amide bonds. The van der Waals surface area contributed by atoms with Gasteiger partial charge < -0.3 is 10.4 Å². The second-order valence-electron chi connectivity index (χ2n) is 4.90. The third kappa shape index (κ3) is 2.36. The molecule has 0 spiro atoms. The molecule has 1 aliphatic rings. The lowest BCUT2D eigenvalue weighted by Crippen LogP contribution is -2.29. The summed E-state index contributed by atoms with van der Waals surface area (Å²) < 4.78 is 15.0. The fourth-order valence-electron chi connectivity index (χ4n) is 2.34. The minimum atomic E-state index is -0.289. The van der Waals surface area contributed by atoms with E-state index in [1.54, 1.807) is 29.0 Å². The Morgan fingerprint density at radius 3 is 3.15 bits per heavy atom. The molecule has 5 nitrogen and oxygen atoms in total. The van der Waals surface area contributed by atoms with E-state index in [4.69, 9.17) is 0 Å². The highest BCUT2D eigenvalue weighted by atomic mass is 19.1. The molecule has 0 aromatic carbocycles. The van der Waals surface area contributed by atoms with Crippen LogP contribution in [0.5, 0.6) is 0 Å². The average molecular weight is 274 g/mol. The van der Waals surface area contributed by atoms with Crippen molar-refractivity contribution in [3.8, 4) is 0 Å². The Morgan fingerprint density at radius 1 is 1.45 bits per heavy atom. The van der Waals surface area contributed by atoms with Gasteiger partial charge in [0.05, 0.1) is 12.0 Å². The van der Waals surface area contributed by atoms with Crippen LogP contribution in [0.2, 0.25) is 0 Å². The van der Waals surface area contributed by atoms with Crippen molar-refractivity contribution >= 4 is 11.5 Å². The van der Waals surface area contributed by atoms with Gasteiger partial charge in [-0.1, -0.05) is 0 Å². The Labute approximate surface area is 115 Å². The number of aliphatic hydroxyl groups is 1. The van der Waals surface area contributed by atoms with Gasteiger partial charge in [-0.2, -0.15) is 5.10 Å². The summed E-state index contributed by atoms with van der Waals surface area (Å²) in [5.74, 6) is 0.355. The quantitative estimate of drug-likeness (QED) is 0.903. The van der Waals surface area contributed by atoms with Gasteiger partial charge >= 0.3 is 0 Å². The molecule has 0 saturated carbocycles. The maximum absolute atomic E-state index is 13.3. The van der Waals surface area contributed by atoms with Crippen LogP contribution in [-0.4, -0.2) is 25.7 Å². The molecule has 2 unspecified atom stereocenters. The summed E-state index contributed by atoms with van der Waals surface area (Å²) >= 11 is 0. The Kier molecular flexibility index (Phi) is 3.14. The molecule has 0 fully saturated rings. The third-order valence-corrected chi connectivity index (χ3v) is 3.47. The van der Waals surface area contributed by atoms with Gasteiger partial charge in [0.1, 0.15) is 11.6 Å². The van der Waals surface area contributed by atoms with Crippen LogP contribution in [0.1, 0.15) is 13.3 Å². The van der Waals surface area contributed by atoms with Crippen LogP contribution in [0, 0.1) is 5.92 Å². The van der Waals surface area contributed by atoms with Gasteiger partial charge in [0.2, 0.25) is 0 Å². The summed E-state index contributed by atoms with van der Waals surface area (Å²) in [5, 5.41) is 17.1. The van der Waals surface area contributed by atoms with Crippen LogP contribution in [-0.2, 0) is 0 Å². The lowest BCUT2D eigenvalue weighted by molar-refractivity contribution is 0.295. The second-order valence-corrected chi connectivity index (χ2v) is 4.90. The van der Waals surface area contributed by atoms with E-state index >= 15 is 0 Å². The molecule has 6 heteroatoms. The van der Waals surface area contributed by atoms with Crippen molar-refractivity contribution in [2.75, 3.05) is 5.32 Å². The number of allylic oxidation sites excluding steroid dienone is 3. The first kappa shape index (κ1) is 12.7. The summed E-state index contributed by atoms with van der Waals surface area (Å²) in [6.07, 6.45) is 6.38. The van der Waals surface area contributed by atoms with Gasteiger partial charge in [-0.3, -0.25) is 0 Å². The molecule has 0 saturated heterocycles. The van der Waals surface area contributed by atoms with E-state index < -0.39 is 0 Å². The molecule has 20 heavy (non-hydrogen) atoms. The molecule has 1 aliphatic carbocycles. The number of halogens is 1. The molecule has 0 bridgehead atoms. The molecule has 2 atom stereocenters. The average Bonchev–Trinajstić information content (AvgIpc) is 2.89. The van der Waals surface area contributed by atoms with Crippen molar-refractivity contribution in [2.45, 2.75) is 19.4 Å². The van der Waals surface area contributed by atoms with E-state index in [9.17, 15) is 9.50 Å². The standard InChI is InChI=1S/C14H15FN4O/c1-9(11-8-10(15)2-3-12(11)20)17-13-5-7-19-14(18-13)4-6-16-19/h2-7,9,11,20H,8H2,1H3,(H,17,18). The molecule has 2 heterocycles. The van der Waals surface area contributed by atoms with Crippen LogP contribution >= 0.6 is 0 Å². The number of rotatable bonds is 3. The summed E-state index contributed by atoms with van der Waals surface area (Å²) in [6.45, 7) is 1.90. The zero-order valence-electron chi connectivity index (χ0n) is 11.0. The molecule has 2 N–H and O–H groups in total. The Balaban J connectivity index is 1.76. The minimum Gasteiger partial charge on any atom is -0.512 e. The van der Waals surface area contributed by atoms with Gasteiger partial charge in [-0.15, -0.1) is 0 Å². The maximum atomic E-state index is 13.3. The van der Waals surface area contributed by atoms with E-state index in [1.165, 1.54) is 12.2 Å². The topological polar surface area (TPSA) is 62.5 Å². The van der Waals surface area contributed by atoms with Gasteiger partial charge in [0.25, 0.3) is 0 Å². The molecule has 2 aromatic heterocycles. The Morgan fingerprint density at radius 2 is 2.30 bits per heavy atom. The summed E-state index contributed by atoms with van der Waals surface area (Å²) in [5.41, 5.74) is 0.733. The molecular weight excluding hydrogens is 259 g/mol. The predicted octanol–water partition coefficient (Wildman–Crippen LogP) is 2.84. The van der Waals surface area contributed by atoms with Crippen LogP contribution in [0.15, 0.2) is 48.3 Å². The fourth-order valence-corrected chi connectivity index (χ4v) is 2.34. The van der Waals surface area contributed by atoms with E-state index in [1.807, 2.05) is 6.92 Å². The van der Waals surface area contributed by atoms with Crippen molar-refractivity contribution in [3.05, 3.63) is 48.3 Å². The third-order valence-electron chi connectivity index (χ3n) is 3.47. The first-order valence-corrected chi connectivity index (χ1v) is 6.45. The number of anilines is 1. The maximum Gasteiger partial charge on any atom is 0.157 e. The molecule has 0 aliphatic heterocycles. The SMILES string of the molecule is CC(Nc1ccn2nccc2n1)C1CC(F)=CC=C1O. The predicted molar refractivity (Wildman–Crippen MR) is 74.1 cm³/mol. The summed E-state index contributed by atoms with van der Waals surface area (Å²) in [4.78, 5) is 4.39. The molecule has 0 radical (unpaired) electrons. The number of fused-ring (bicyclic) bond motifs is 1. The molecular formula is C14H15FN4O. The smallest absolute Gasteiger partial charge is 0.157 e. The Hall–Kier alpha value is -2.37. The first-order valence-electron chi connectivity index (χ1n) is 6.45. The van der Waals surface area contributed by atoms with Crippen LogP contribution in [0.4, 0.5) is 10.2 Å². The van der Waals surface area contributed by atoms with Crippen LogP contribution in [0.25, 0.3) is 5.65 Å². The van der Waals surface area contributed by atoms with E-state index in [0.717, 1.165) is 5.65 Å². The number of nitrogens with one attached hydrogen (secondary N) is 1. The van der Waals surface area contributed by atoms with E-state index in [2.05, 4.69) is 15.4 Å². The highest BCUT2D eigenvalue weighted by molar-refractivity contribution is 5.46. The molecule has 104 valence electrons.